The molecule has 0 saturated heterocycles. The summed E-state index contributed by atoms with van der Waals surface area (Å²) in [4.78, 5) is 22.4. The van der Waals surface area contributed by atoms with Crippen LogP contribution < -0.4 is 5.32 Å². The van der Waals surface area contributed by atoms with Crippen molar-refractivity contribution in [1.82, 2.24) is 5.32 Å². The van der Waals surface area contributed by atoms with Crippen molar-refractivity contribution >= 4 is 11.9 Å². The fourth-order valence-corrected chi connectivity index (χ4v) is 1.88. The third-order valence-electron chi connectivity index (χ3n) is 3.25. The molecular formula is C12H21NO3. The number of hydrogen-bond acceptors (Lipinski definition) is 2. The summed E-state index contributed by atoms with van der Waals surface area (Å²) in [5.41, 5.74) is 0. The first-order valence-electron chi connectivity index (χ1n) is 6.03. The van der Waals surface area contributed by atoms with Crippen LogP contribution in [0.15, 0.2) is 0 Å². The van der Waals surface area contributed by atoms with E-state index in [1.165, 1.54) is 19.3 Å². The molecule has 1 aliphatic carbocycles. The smallest absolute Gasteiger partial charge is 0.326 e. The highest BCUT2D eigenvalue weighted by atomic mass is 16.4. The molecular weight excluding hydrogens is 206 g/mol. The van der Waals surface area contributed by atoms with Crippen molar-refractivity contribution in [2.75, 3.05) is 0 Å². The van der Waals surface area contributed by atoms with Crippen LogP contribution >= 0.6 is 0 Å². The topological polar surface area (TPSA) is 66.4 Å². The van der Waals surface area contributed by atoms with Crippen molar-refractivity contribution in [2.24, 2.45) is 11.8 Å². The lowest BCUT2D eigenvalue weighted by molar-refractivity contribution is -0.143. The Morgan fingerprint density at radius 1 is 1.38 bits per heavy atom. The maximum atomic E-state index is 11.5. The molecule has 4 heteroatoms. The Labute approximate surface area is 96.4 Å². The molecule has 1 atom stereocenters. The van der Waals surface area contributed by atoms with Gasteiger partial charge in [-0.2, -0.15) is 0 Å². The van der Waals surface area contributed by atoms with E-state index in [0.717, 1.165) is 6.42 Å². The van der Waals surface area contributed by atoms with E-state index in [2.05, 4.69) is 5.32 Å². The standard InChI is InChI=1S/C12H21NO3/c1-8(2)11(12(15)16)13-10(14)7-6-9-4-3-5-9/h8-9,11H,3-7H2,1-2H3,(H,13,14)(H,15,16)/t11-/m0/s1. The highest BCUT2D eigenvalue weighted by Crippen LogP contribution is 2.30. The summed E-state index contributed by atoms with van der Waals surface area (Å²) in [7, 11) is 0. The van der Waals surface area contributed by atoms with E-state index in [1.54, 1.807) is 13.8 Å². The third-order valence-corrected chi connectivity index (χ3v) is 3.25. The van der Waals surface area contributed by atoms with Gasteiger partial charge in [0.25, 0.3) is 0 Å². The first-order valence-corrected chi connectivity index (χ1v) is 6.03. The number of carboxylic acid groups (broad SMARTS) is 1. The first kappa shape index (κ1) is 13.0. The van der Waals surface area contributed by atoms with E-state index in [1.807, 2.05) is 0 Å². The Balaban J connectivity index is 2.27. The van der Waals surface area contributed by atoms with E-state index >= 15 is 0 Å². The van der Waals surface area contributed by atoms with Crippen molar-refractivity contribution in [3.05, 3.63) is 0 Å². The quantitative estimate of drug-likeness (QED) is 0.727. The molecule has 1 saturated carbocycles. The van der Waals surface area contributed by atoms with Crippen molar-refractivity contribution < 1.29 is 14.7 Å². The number of amides is 1. The predicted molar refractivity (Wildman–Crippen MR) is 61.0 cm³/mol. The number of rotatable bonds is 6. The van der Waals surface area contributed by atoms with Gasteiger partial charge in [-0.05, 0) is 18.3 Å². The summed E-state index contributed by atoms with van der Waals surface area (Å²) < 4.78 is 0. The molecule has 92 valence electrons. The fourth-order valence-electron chi connectivity index (χ4n) is 1.88. The van der Waals surface area contributed by atoms with Crippen LogP contribution in [0, 0.1) is 11.8 Å². The monoisotopic (exact) mass is 227 g/mol. The average molecular weight is 227 g/mol. The zero-order chi connectivity index (χ0) is 12.1. The van der Waals surface area contributed by atoms with Gasteiger partial charge in [-0.15, -0.1) is 0 Å². The van der Waals surface area contributed by atoms with Crippen molar-refractivity contribution in [2.45, 2.75) is 52.0 Å². The van der Waals surface area contributed by atoms with E-state index in [0.29, 0.717) is 12.3 Å². The van der Waals surface area contributed by atoms with Crippen LogP contribution in [0.3, 0.4) is 0 Å². The molecule has 16 heavy (non-hydrogen) atoms. The van der Waals surface area contributed by atoms with Crippen molar-refractivity contribution in [3.8, 4) is 0 Å². The zero-order valence-electron chi connectivity index (χ0n) is 10.0. The molecule has 1 amide bonds. The first-order chi connectivity index (χ1) is 7.50. The van der Waals surface area contributed by atoms with Gasteiger partial charge < -0.3 is 10.4 Å². The van der Waals surface area contributed by atoms with Crippen LogP contribution in [0.2, 0.25) is 0 Å². The molecule has 4 nitrogen and oxygen atoms in total. The summed E-state index contributed by atoms with van der Waals surface area (Å²) in [6.45, 7) is 3.59. The Kier molecular flexibility index (Phi) is 4.77. The van der Waals surface area contributed by atoms with Gasteiger partial charge in [0.1, 0.15) is 6.04 Å². The van der Waals surface area contributed by atoms with Crippen molar-refractivity contribution in [1.29, 1.82) is 0 Å². The summed E-state index contributed by atoms with van der Waals surface area (Å²) in [6, 6.07) is -0.756. The molecule has 1 fully saturated rings. The number of aliphatic carboxylic acids is 1. The lowest BCUT2D eigenvalue weighted by atomic mass is 9.82. The van der Waals surface area contributed by atoms with Crippen LogP contribution in [-0.4, -0.2) is 23.0 Å². The third kappa shape index (κ3) is 3.83. The van der Waals surface area contributed by atoms with E-state index < -0.39 is 12.0 Å². The number of hydrogen-bond donors (Lipinski definition) is 2. The summed E-state index contributed by atoms with van der Waals surface area (Å²) >= 11 is 0. The largest absolute Gasteiger partial charge is 0.480 e. The van der Waals surface area contributed by atoms with Gasteiger partial charge in [0.15, 0.2) is 0 Å². The SMILES string of the molecule is CC(C)[C@H](NC(=O)CCC1CCC1)C(=O)O. The highest BCUT2D eigenvalue weighted by molar-refractivity contribution is 5.83. The highest BCUT2D eigenvalue weighted by Gasteiger charge is 2.24. The predicted octanol–water partition coefficient (Wildman–Crippen LogP) is 1.79. The molecule has 0 radical (unpaired) electrons. The number of carboxylic acids is 1. The van der Waals surface area contributed by atoms with Gasteiger partial charge >= 0.3 is 5.97 Å². The average Bonchev–Trinajstić information content (AvgIpc) is 2.10. The molecule has 2 N–H and O–H groups in total. The number of carbonyl (C=O) groups is 2. The second kappa shape index (κ2) is 5.87. The van der Waals surface area contributed by atoms with Crippen LogP contribution in [0.1, 0.15) is 46.0 Å². The Hall–Kier alpha value is -1.06. The molecule has 1 aliphatic rings. The van der Waals surface area contributed by atoms with Gasteiger partial charge in [-0.1, -0.05) is 33.1 Å². The maximum absolute atomic E-state index is 11.5. The molecule has 0 aromatic heterocycles. The van der Waals surface area contributed by atoms with Gasteiger partial charge in [0.05, 0.1) is 0 Å². The number of nitrogens with one attached hydrogen (secondary N) is 1. The minimum atomic E-state index is -0.952. The fraction of sp³-hybridized carbons (Fsp3) is 0.833. The Morgan fingerprint density at radius 3 is 2.38 bits per heavy atom. The van der Waals surface area contributed by atoms with Gasteiger partial charge in [0.2, 0.25) is 5.91 Å². The van der Waals surface area contributed by atoms with Crippen LogP contribution in [0.5, 0.6) is 0 Å². The van der Waals surface area contributed by atoms with Crippen LogP contribution in [0.25, 0.3) is 0 Å². The lowest BCUT2D eigenvalue weighted by Crippen LogP contribution is -2.44. The summed E-state index contributed by atoms with van der Waals surface area (Å²) in [5.74, 6) is -0.474. The maximum Gasteiger partial charge on any atom is 0.326 e. The zero-order valence-corrected chi connectivity index (χ0v) is 10.0. The summed E-state index contributed by atoms with van der Waals surface area (Å²) in [5, 5.41) is 11.5. The van der Waals surface area contributed by atoms with E-state index in [9.17, 15) is 9.59 Å². The van der Waals surface area contributed by atoms with Crippen LogP contribution in [0.4, 0.5) is 0 Å². The second-order valence-corrected chi connectivity index (χ2v) is 4.96. The second-order valence-electron chi connectivity index (χ2n) is 4.96. The normalized spacial score (nSPS) is 17.9. The van der Waals surface area contributed by atoms with Crippen molar-refractivity contribution in [3.63, 3.8) is 0 Å². The Bertz CT molecular complexity index is 259. The van der Waals surface area contributed by atoms with E-state index in [4.69, 9.17) is 5.11 Å². The molecule has 0 unspecified atom stereocenters. The number of carbonyl (C=O) groups excluding carboxylic acids is 1. The molecule has 0 bridgehead atoms. The van der Waals surface area contributed by atoms with Gasteiger partial charge in [-0.3, -0.25) is 4.79 Å². The van der Waals surface area contributed by atoms with Gasteiger partial charge in [-0.25, -0.2) is 4.79 Å². The minimum Gasteiger partial charge on any atom is -0.480 e. The molecule has 0 heterocycles. The minimum absolute atomic E-state index is 0.0786. The molecule has 0 aromatic rings. The van der Waals surface area contributed by atoms with Crippen LogP contribution in [-0.2, 0) is 9.59 Å². The van der Waals surface area contributed by atoms with E-state index in [-0.39, 0.29) is 11.8 Å². The molecule has 0 aliphatic heterocycles. The molecule has 1 rings (SSSR count). The summed E-state index contributed by atoms with van der Waals surface area (Å²) in [6.07, 6.45) is 5.08. The lowest BCUT2D eigenvalue weighted by Gasteiger charge is -2.25. The Morgan fingerprint density at radius 2 is 2.00 bits per heavy atom. The molecule has 0 aromatic carbocycles. The van der Waals surface area contributed by atoms with Gasteiger partial charge in [0, 0.05) is 6.42 Å². The molecule has 0 spiro atoms.